The van der Waals surface area contributed by atoms with E-state index >= 15 is 0 Å². The standard InChI is InChI=1S/C17H23NO2/c1-11-10-17-6-7-18(3)15(16(17,2)20-11)8-12-4-5-13(19)9-14(12)17/h4-5,9,11,15,19H,6-8,10H2,1-3H3/t11?,15-,16-,17-/m1/s1. The van der Waals surface area contributed by atoms with Crippen molar-refractivity contribution in [2.75, 3.05) is 13.6 Å². The van der Waals surface area contributed by atoms with E-state index in [0.717, 1.165) is 25.8 Å². The van der Waals surface area contributed by atoms with E-state index in [0.29, 0.717) is 17.9 Å². The molecule has 2 bridgehead atoms. The van der Waals surface area contributed by atoms with E-state index in [2.05, 4.69) is 31.9 Å². The highest BCUT2D eigenvalue weighted by Gasteiger charge is 2.65. The number of phenols is 1. The summed E-state index contributed by atoms with van der Waals surface area (Å²) in [6.07, 6.45) is 3.51. The predicted molar refractivity (Wildman–Crippen MR) is 78.1 cm³/mol. The molecule has 2 aliphatic heterocycles. The summed E-state index contributed by atoms with van der Waals surface area (Å²) in [6.45, 7) is 5.60. The van der Waals surface area contributed by atoms with Gasteiger partial charge in [-0.3, -0.25) is 0 Å². The van der Waals surface area contributed by atoms with Gasteiger partial charge in [-0.15, -0.1) is 0 Å². The Labute approximate surface area is 120 Å². The van der Waals surface area contributed by atoms with Crippen LogP contribution in [0.4, 0.5) is 0 Å². The lowest BCUT2D eigenvalue weighted by molar-refractivity contribution is -0.129. The summed E-state index contributed by atoms with van der Waals surface area (Å²) in [5, 5.41) is 9.95. The maximum Gasteiger partial charge on any atom is 0.115 e. The SMILES string of the molecule is CC1C[C@]23CCN(C)[C@H](Cc4ccc(O)cc42)[C@@]3(C)O1. The number of likely N-dealkylation sites (tertiary alicyclic amines) is 1. The Bertz CT molecular complexity index is 572. The predicted octanol–water partition coefficient (Wildman–Crippen LogP) is 2.46. The molecule has 1 aromatic carbocycles. The van der Waals surface area contributed by atoms with Crippen molar-refractivity contribution in [1.29, 1.82) is 0 Å². The molecule has 1 aliphatic carbocycles. The average molecular weight is 273 g/mol. The first-order valence-corrected chi connectivity index (χ1v) is 7.67. The van der Waals surface area contributed by atoms with Crippen molar-refractivity contribution in [3.8, 4) is 5.75 Å². The fourth-order valence-corrected chi connectivity index (χ4v) is 5.22. The number of piperidine rings is 1. The number of rotatable bonds is 0. The third-order valence-electron chi connectivity index (χ3n) is 6.11. The van der Waals surface area contributed by atoms with Crippen molar-refractivity contribution in [2.45, 2.75) is 56.3 Å². The third kappa shape index (κ3) is 1.33. The molecule has 108 valence electrons. The minimum absolute atomic E-state index is 0.0793. The van der Waals surface area contributed by atoms with Crippen LogP contribution in [0.5, 0.6) is 5.75 Å². The molecule has 0 amide bonds. The molecule has 2 saturated heterocycles. The number of hydrogen-bond donors (Lipinski definition) is 1. The van der Waals surface area contributed by atoms with Crippen molar-refractivity contribution in [2.24, 2.45) is 0 Å². The molecular weight excluding hydrogens is 250 g/mol. The van der Waals surface area contributed by atoms with Gasteiger partial charge in [0, 0.05) is 11.5 Å². The normalized spacial score (nSPS) is 43.1. The molecule has 0 aromatic heterocycles. The fourth-order valence-electron chi connectivity index (χ4n) is 5.22. The van der Waals surface area contributed by atoms with E-state index in [-0.39, 0.29) is 11.0 Å². The third-order valence-corrected chi connectivity index (χ3v) is 6.11. The minimum Gasteiger partial charge on any atom is -0.508 e. The fraction of sp³-hybridized carbons (Fsp3) is 0.647. The second-order valence-corrected chi connectivity index (χ2v) is 7.11. The zero-order chi connectivity index (χ0) is 14.1. The number of ether oxygens (including phenoxy) is 1. The van der Waals surface area contributed by atoms with Gasteiger partial charge in [-0.25, -0.2) is 0 Å². The Kier molecular flexibility index (Phi) is 2.39. The maximum absolute atomic E-state index is 9.95. The first-order chi connectivity index (χ1) is 9.46. The summed E-state index contributed by atoms with van der Waals surface area (Å²) in [7, 11) is 2.22. The van der Waals surface area contributed by atoms with Crippen molar-refractivity contribution < 1.29 is 9.84 Å². The van der Waals surface area contributed by atoms with Crippen molar-refractivity contribution in [3.05, 3.63) is 29.3 Å². The smallest absolute Gasteiger partial charge is 0.115 e. The van der Waals surface area contributed by atoms with E-state index in [9.17, 15) is 5.11 Å². The largest absolute Gasteiger partial charge is 0.508 e. The molecule has 3 aliphatic rings. The van der Waals surface area contributed by atoms with E-state index in [1.807, 2.05) is 12.1 Å². The van der Waals surface area contributed by atoms with E-state index in [4.69, 9.17) is 4.74 Å². The van der Waals surface area contributed by atoms with E-state index in [1.54, 1.807) is 0 Å². The van der Waals surface area contributed by atoms with Gasteiger partial charge in [0.15, 0.2) is 0 Å². The lowest BCUT2D eigenvalue weighted by Gasteiger charge is -2.58. The molecule has 0 spiro atoms. The molecular formula is C17H23NO2. The van der Waals surface area contributed by atoms with Gasteiger partial charge in [-0.05, 0) is 70.0 Å². The first kappa shape index (κ1) is 12.7. The van der Waals surface area contributed by atoms with Gasteiger partial charge in [0.2, 0.25) is 0 Å². The summed E-state index contributed by atoms with van der Waals surface area (Å²) in [4.78, 5) is 2.46. The van der Waals surface area contributed by atoms with Crippen LogP contribution in [0.3, 0.4) is 0 Å². The minimum atomic E-state index is -0.125. The molecule has 1 unspecified atom stereocenters. The quantitative estimate of drug-likeness (QED) is 0.788. The van der Waals surface area contributed by atoms with Crippen molar-refractivity contribution in [3.63, 3.8) is 0 Å². The van der Waals surface area contributed by atoms with Crippen LogP contribution in [-0.4, -0.2) is 41.3 Å². The zero-order valence-corrected chi connectivity index (χ0v) is 12.5. The lowest BCUT2D eigenvalue weighted by Crippen LogP contribution is -2.67. The second kappa shape index (κ2) is 3.77. The maximum atomic E-state index is 9.95. The van der Waals surface area contributed by atoms with Gasteiger partial charge < -0.3 is 14.7 Å². The lowest BCUT2D eigenvalue weighted by atomic mass is 9.55. The average Bonchev–Trinajstić information content (AvgIpc) is 2.67. The molecule has 0 radical (unpaired) electrons. The topological polar surface area (TPSA) is 32.7 Å². The van der Waals surface area contributed by atoms with Gasteiger partial charge in [-0.2, -0.15) is 0 Å². The first-order valence-electron chi connectivity index (χ1n) is 7.67. The highest BCUT2D eigenvalue weighted by molar-refractivity contribution is 5.48. The number of benzene rings is 1. The highest BCUT2D eigenvalue weighted by Crippen LogP contribution is 2.59. The number of nitrogens with zero attached hydrogens (tertiary/aromatic N) is 1. The molecule has 20 heavy (non-hydrogen) atoms. The summed E-state index contributed by atoms with van der Waals surface area (Å²) in [6, 6.07) is 6.38. The Balaban J connectivity index is 1.98. The number of hydrogen-bond acceptors (Lipinski definition) is 3. The van der Waals surface area contributed by atoms with Gasteiger partial charge >= 0.3 is 0 Å². The Hall–Kier alpha value is -1.06. The zero-order valence-electron chi connectivity index (χ0n) is 12.5. The molecule has 3 nitrogen and oxygen atoms in total. The highest BCUT2D eigenvalue weighted by atomic mass is 16.5. The summed E-state index contributed by atoms with van der Waals surface area (Å²) < 4.78 is 6.45. The van der Waals surface area contributed by atoms with Gasteiger partial charge in [0.25, 0.3) is 0 Å². The second-order valence-electron chi connectivity index (χ2n) is 7.11. The van der Waals surface area contributed by atoms with Crippen LogP contribution in [0.2, 0.25) is 0 Å². The molecule has 1 N–H and O–H groups in total. The molecule has 3 heteroatoms. The number of aromatic hydroxyl groups is 1. The summed E-state index contributed by atoms with van der Waals surface area (Å²) >= 11 is 0. The Morgan fingerprint density at radius 2 is 2.20 bits per heavy atom. The van der Waals surface area contributed by atoms with Crippen LogP contribution < -0.4 is 0 Å². The Morgan fingerprint density at radius 1 is 1.40 bits per heavy atom. The number of fused-ring (bicyclic) bond motifs is 1. The molecule has 2 fully saturated rings. The summed E-state index contributed by atoms with van der Waals surface area (Å²) in [5.41, 5.74) is 2.69. The van der Waals surface area contributed by atoms with Gasteiger partial charge in [0.1, 0.15) is 5.75 Å². The summed E-state index contributed by atoms with van der Waals surface area (Å²) in [5.74, 6) is 0.386. The van der Waals surface area contributed by atoms with Crippen molar-refractivity contribution in [1.82, 2.24) is 4.90 Å². The van der Waals surface area contributed by atoms with E-state index in [1.165, 1.54) is 11.1 Å². The molecule has 1 aromatic rings. The van der Waals surface area contributed by atoms with Crippen LogP contribution in [0.1, 0.15) is 37.8 Å². The van der Waals surface area contributed by atoms with Gasteiger partial charge in [0.05, 0.1) is 11.7 Å². The molecule has 2 heterocycles. The molecule has 4 atom stereocenters. The molecule has 4 rings (SSSR count). The van der Waals surface area contributed by atoms with Crippen LogP contribution in [0.25, 0.3) is 0 Å². The monoisotopic (exact) mass is 273 g/mol. The van der Waals surface area contributed by atoms with Crippen LogP contribution in [-0.2, 0) is 16.6 Å². The van der Waals surface area contributed by atoms with Crippen molar-refractivity contribution >= 4 is 0 Å². The van der Waals surface area contributed by atoms with Crippen LogP contribution in [0, 0.1) is 0 Å². The van der Waals surface area contributed by atoms with Crippen LogP contribution >= 0.6 is 0 Å². The molecule has 0 saturated carbocycles. The van der Waals surface area contributed by atoms with Crippen LogP contribution in [0.15, 0.2) is 18.2 Å². The number of phenolic OH excluding ortho intramolecular Hbond substituents is 1. The number of likely N-dealkylation sites (N-methyl/N-ethyl adjacent to an activating group) is 1. The van der Waals surface area contributed by atoms with Gasteiger partial charge in [-0.1, -0.05) is 6.07 Å². The van der Waals surface area contributed by atoms with E-state index < -0.39 is 0 Å². The Morgan fingerprint density at radius 3 is 3.00 bits per heavy atom.